The molecule has 1 aliphatic rings. The van der Waals surface area contributed by atoms with Crippen molar-refractivity contribution in [1.82, 2.24) is 0 Å². The van der Waals surface area contributed by atoms with Crippen molar-refractivity contribution < 1.29 is 9.53 Å². The van der Waals surface area contributed by atoms with Gasteiger partial charge in [-0.1, -0.05) is 31.8 Å². The van der Waals surface area contributed by atoms with E-state index < -0.39 is 8.07 Å². The maximum absolute atomic E-state index is 12.3. The first-order valence-electron chi connectivity index (χ1n) is 7.28. The lowest BCUT2D eigenvalue weighted by molar-refractivity contribution is -0.116. The fourth-order valence-electron chi connectivity index (χ4n) is 2.72. The average Bonchev–Trinajstić information content (AvgIpc) is 2.41. The van der Waals surface area contributed by atoms with Crippen LogP contribution in [-0.4, -0.2) is 21.0 Å². The number of allylic oxidation sites excluding steroid dienone is 1. The Labute approximate surface area is 122 Å². The van der Waals surface area contributed by atoms with Crippen LogP contribution in [0.15, 0.2) is 29.8 Å². The molecule has 2 nitrogen and oxygen atoms in total. The fraction of sp³-hybridized carbons (Fsp3) is 0.471. The molecule has 1 unspecified atom stereocenters. The molecule has 0 N–H and O–H groups in total. The standard InChI is InChI=1S/C17H24O2Si/c1-19-15-8-5-13(6-9-15)11-14-7-10-16(12-17(14)18)20(2,3)4/h5-6,8-9,11,16H,7,10,12H2,1-4H3/b14-11-. The van der Waals surface area contributed by atoms with E-state index in [2.05, 4.69) is 19.6 Å². The van der Waals surface area contributed by atoms with E-state index in [-0.39, 0.29) is 0 Å². The third kappa shape index (κ3) is 3.60. The van der Waals surface area contributed by atoms with Gasteiger partial charge in [0.05, 0.1) is 7.11 Å². The van der Waals surface area contributed by atoms with Gasteiger partial charge in [-0.25, -0.2) is 0 Å². The Kier molecular flexibility index (Phi) is 4.48. The number of hydrogen-bond donors (Lipinski definition) is 0. The van der Waals surface area contributed by atoms with E-state index in [0.717, 1.165) is 29.7 Å². The molecule has 0 bridgehead atoms. The molecule has 0 aromatic heterocycles. The van der Waals surface area contributed by atoms with Gasteiger partial charge in [-0.2, -0.15) is 0 Å². The summed E-state index contributed by atoms with van der Waals surface area (Å²) in [7, 11) is 0.465. The van der Waals surface area contributed by atoms with E-state index in [1.54, 1.807) is 7.11 Å². The number of ketones is 1. The Morgan fingerprint density at radius 2 is 1.85 bits per heavy atom. The maximum Gasteiger partial charge on any atom is 0.158 e. The van der Waals surface area contributed by atoms with Crippen LogP contribution in [0.4, 0.5) is 0 Å². The highest BCUT2D eigenvalue weighted by Crippen LogP contribution is 2.37. The van der Waals surface area contributed by atoms with E-state index in [1.165, 1.54) is 6.42 Å². The first kappa shape index (κ1) is 15.0. The molecule has 0 heterocycles. The molecule has 0 aliphatic heterocycles. The zero-order valence-electron chi connectivity index (χ0n) is 12.9. The van der Waals surface area contributed by atoms with Gasteiger partial charge in [-0.3, -0.25) is 4.79 Å². The Morgan fingerprint density at radius 3 is 2.35 bits per heavy atom. The van der Waals surface area contributed by atoms with Crippen LogP contribution >= 0.6 is 0 Å². The Morgan fingerprint density at radius 1 is 1.20 bits per heavy atom. The summed E-state index contributed by atoms with van der Waals surface area (Å²) in [5.74, 6) is 1.19. The second-order valence-corrected chi connectivity index (χ2v) is 12.2. The Hall–Kier alpha value is -1.35. The van der Waals surface area contributed by atoms with Crippen molar-refractivity contribution in [1.29, 1.82) is 0 Å². The van der Waals surface area contributed by atoms with Crippen LogP contribution in [0.2, 0.25) is 25.2 Å². The molecule has 108 valence electrons. The van der Waals surface area contributed by atoms with Crippen LogP contribution in [0, 0.1) is 0 Å². The van der Waals surface area contributed by atoms with Crippen molar-refractivity contribution in [3.63, 3.8) is 0 Å². The first-order valence-corrected chi connectivity index (χ1v) is 10.9. The summed E-state index contributed by atoms with van der Waals surface area (Å²) in [6.07, 6.45) is 4.89. The summed E-state index contributed by atoms with van der Waals surface area (Å²) < 4.78 is 5.15. The van der Waals surface area contributed by atoms with E-state index in [1.807, 2.05) is 30.3 Å². The molecule has 1 aromatic carbocycles. The predicted octanol–water partition coefficient (Wildman–Crippen LogP) is 4.54. The number of hydrogen-bond acceptors (Lipinski definition) is 2. The maximum atomic E-state index is 12.3. The Bertz CT molecular complexity index is 509. The summed E-state index contributed by atoms with van der Waals surface area (Å²) in [4.78, 5) is 12.3. The monoisotopic (exact) mass is 288 g/mol. The van der Waals surface area contributed by atoms with Gasteiger partial charge in [0.2, 0.25) is 0 Å². The van der Waals surface area contributed by atoms with Crippen LogP contribution in [0.1, 0.15) is 24.8 Å². The minimum absolute atomic E-state index is 0.347. The predicted molar refractivity (Wildman–Crippen MR) is 86.9 cm³/mol. The molecular weight excluding hydrogens is 264 g/mol. The van der Waals surface area contributed by atoms with Gasteiger partial charge in [-0.15, -0.1) is 0 Å². The second-order valence-electron chi connectivity index (χ2n) is 6.67. The molecule has 1 atom stereocenters. The smallest absolute Gasteiger partial charge is 0.158 e. The van der Waals surface area contributed by atoms with Crippen LogP contribution in [0.25, 0.3) is 6.08 Å². The van der Waals surface area contributed by atoms with E-state index in [9.17, 15) is 4.79 Å². The lowest BCUT2D eigenvalue weighted by atomic mass is 9.91. The lowest BCUT2D eigenvalue weighted by Crippen LogP contribution is -2.32. The quantitative estimate of drug-likeness (QED) is 0.603. The first-order chi connectivity index (χ1) is 9.40. The number of carbonyl (C=O) groups excluding carboxylic acids is 1. The van der Waals surface area contributed by atoms with Crippen molar-refractivity contribution in [2.24, 2.45) is 0 Å². The number of Topliss-reactive ketones (excluding diaryl/α,β-unsaturated/α-hetero) is 1. The molecule has 0 radical (unpaired) electrons. The molecule has 1 saturated carbocycles. The number of carbonyl (C=O) groups is 1. The number of ether oxygens (including phenoxy) is 1. The van der Waals surface area contributed by atoms with E-state index in [0.29, 0.717) is 11.3 Å². The SMILES string of the molecule is COc1ccc(/C=C2/CCC([Si](C)(C)C)CC2=O)cc1. The zero-order valence-corrected chi connectivity index (χ0v) is 13.9. The van der Waals surface area contributed by atoms with Gasteiger partial charge in [0, 0.05) is 14.5 Å². The Balaban J connectivity index is 2.10. The molecule has 1 aromatic rings. The van der Waals surface area contributed by atoms with Crippen LogP contribution in [-0.2, 0) is 4.79 Å². The topological polar surface area (TPSA) is 26.3 Å². The van der Waals surface area contributed by atoms with Crippen molar-refractivity contribution >= 4 is 19.9 Å². The molecule has 1 fully saturated rings. The van der Waals surface area contributed by atoms with E-state index >= 15 is 0 Å². The van der Waals surface area contributed by atoms with Gasteiger partial charge in [0.15, 0.2) is 5.78 Å². The van der Waals surface area contributed by atoms with Gasteiger partial charge in [0.1, 0.15) is 5.75 Å². The molecule has 20 heavy (non-hydrogen) atoms. The lowest BCUT2D eigenvalue weighted by Gasteiger charge is -2.32. The van der Waals surface area contributed by atoms with Gasteiger partial charge < -0.3 is 4.74 Å². The summed E-state index contributed by atoms with van der Waals surface area (Å²) in [6.45, 7) is 7.09. The van der Waals surface area contributed by atoms with Gasteiger partial charge in [0.25, 0.3) is 0 Å². The average molecular weight is 288 g/mol. The molecule has 3 heteroatoms. The minimum atomic E-state index is -1.20. The van der Waals surface area contributed by atoms with Gasteiger partial charge >= 0.3 is 0 Å². The second kappa shape index (κ2) is 5.96. The highest BCUT2D eigenvalue weighted by atomic mass is 28.3. The summed E-state index contributed by atoms with van der Waals surface area (Å²) in [5, 5.41) is 0. The largest absolute Gasteiger partial charge is 0.497 e. The van der Waals surface area contributed by atoms with Crippen molar-refractivity contribution in [3.05, 3.63) is 35.4 Å². The molecule has 0 spiro atoms. The van der Waals surface area contributed by atoms with Crippen LogP contribution < -0.4 is 4.74 Å². The third-order valence-corrected chi connectivity index (χ3v) is 7.18. The molecule has 1 aliphatic carbocycles. The molecule has 0 amide bonds. The summed E-state index contributed by atoms with van der Waals surface area (Å²) >= 11 is 0. The van der Waals surface area contributed by atoms with Gasteiger partial charge in [-0.05, 0) is 47.7 Å². The van der Waals surface area contributed by atoms with Crippen molar-refractivity contribution in [2.45, 2.75) is 44.4 Å². The zero-order chi connectivity index (χ0) is 14.8. The molecule has 2 rings (SSSR count). The third-order valence-electron chi connectivity index (χ3n) is 4.23. The number of methoxy groups -OCH3 is 1. The van der Waals surface area contributed by atoms with Crippen molar-refractivity contribution in [2.75, 3.05) is 7.11 Å². The minimum Gasteiger partial charge on any atom is -0.497 e. The van der Waals surface area contributed by atoms with Crippen molar-refractivity contribution in [3.8, 4) is 5.75 Å². The summed E-state index contributed by atoms with van der Waals surface area (Å²) in [5.41, 5.74) is 2.72. The van der Waals surface area contributed by atoms with E-state index in [4.69, 9.17) is 4.74 Å². The normalized spacial score (nSPS) is 22.1. The highest BCUT2D eigenvalue weighted by molar-refractivity contribution is 6.77. The number of benzene rings is 1. The highest BCUT2D eigenvalue weighted by Gasteiger charge is 2.32. The molecule has 0 saturated heterocycles. The van der Waals surface area contributed by atoms with Crippen LogP contribution in [0.5, 0.6) is 5.75 Å². The van der Waals surface area contributed by atoms with Crippen LogP contribution in [0.3, 0.4) is 0 Å². The number of rotatable bonds is 3. The fourth-order valence-corrected chi connectivity index (χ4v) is 4.53. The molecular formula is C17H24O2Si. The summed E-state index contributed by atoms with van der Waals surface area (Å²) in [6, 6.07) is 7.88.